The van der Waals surface area contributed by atoms with Gasteiger partial charge in [0.2, 0.25) is 0 Å². The molecule has 1 saturated heterocycles. The molecule has 1 heterocycles. The summed E-state index contributed by atoms with van der Waals surface area (Å²) in [6.07, 6.45) is 12.5. The Morgan fingerprint density at radius 2 is 1.61 bits per heavy atom. The summed E-state index contributed by atoms with van der Waals surface area (Å²) >= 11 is 0. The van der Waals surface area contributed by atoms with Crippen molar-refractivity contribution < 1.29 is 26.6 Å². The largest absolute Gasteiger partial charge is 0.397 e. The lowest BCUT2D eigenvalue weighted by atomic mass is 10.1. The number of ether oxygens (including phenoxy) is 2. The van der Waals surface area contributed by atoms with Gasteiger partial charge in [0, 0.05) is 6.42 Å². The second kappa shape index (κ2) is 12.2. The molecule has 23 heavy (non-hydrogen) atoms. The second-order valence-electron chi connectivity index (χ2n) is 6.18. The summed E-state index contributed by atoms with van der Waals surface area (Å²) in [4.78, 5) is 0. The van der Waals surface area contributed by atoms with E-state index in [1.54, 1.807) is 0 Å². The van der Waals surface area contributed by atoms with Gasteiger partial charge >= 0.3 is 10.4 Å². The summed E-state index contributed by atoms with van der Waals surface area (Å²) in [5, 5.41) is 0. The minimum absolute atomic E-state index is 0.0857. The van der Waals surface area contributed by atoms with E-state index in [1.165, 1.54) is 51.4 Å². The molecule has 1 aliphatic heterocycles. The second-order valence-corrected chi connectivity index (χ2v) is 7.27. The zero-order chi connectivity index (χ0) is 17.0. The molecular formula is C16H32O6S. The molecule has 0 saturated carbocycles. The fourth-order valence-corrected chi connectivity index (χ4v) is 3.02. The van der Waals surface area contributed by atoms with Gasteiger partial charge in [0.15, 0.2) is 6.29 Å². The molecule has 0 amide bonds. The van der Waals surface area contributed by atoms with Gasteiger partial charge in [-0.05, 0) is 12.8 Å². The first-order chi connectivity index (χ1) is 11.0. The molecule has 0 aromatic heterocycles. The van der Waals surface area contributed by atoms with Gasteiger partial charge in [0.1, 0.15) is 0 Å². The molecule has 6 nitrogen and oxygen atoms in total. The lowest BCUT2D eigenvalue weighted by Gasteiger charge is -2.11. The van der Waals surface area contributed by atoms with Gasteiger partial charge in [-0.1, -0.05) is 58.3 Å². The van der Waals surface area contributed by atoms with Crippen LogP contribution >= 0.6 is 0 Å². The maximum atomic E-state index is 10.4. The van der Waals surface area contributed by atoms with Crippen molar-refractivity contribution >= 4 is 10.4 Å². The van der Waals surface area contributed by atoms with Gasteiger partial charge in [-0.15, -0.1) is 0 Å². The number of rotatable bonds is 14. The Bertz CT molecular complexity index is 384. The molecule has 138 valence electrons. The lowest BCUT2D eigenvalue weighted by molar-refractivity contribution is -0.0652. The average Bonchev–Trinajstić information content (AvgIpc) is 2.92. The van der Waals surface area contributed by atoms with Crippen molar-refractivity contribution in [2.75, 3.05) is 13.2 Å². The molecule has 0 bridgehead atoms. The summed E-state index contributed by atoms with van der Waals surface area (Å²) in [6.45, 7) is 2.60. The van der Waals surface area contributed by atoms with Crippen LogP contribution in [0.1, 0.15) is 77.6 Å². The third-order valence-corrected chi connectivity index (χ3v) is 4.49. The van der Waals surface area contributed by atoms with Crippen molar-refractivity contribution in [1.82, 2.24) is 0 Å². The Labute approximate surface area is 140 Å². The summed E-state index contributed by atoms with van der Waals surface area (Å²) in [5.74, 6) is 0. The average molecular weight is 352 g/mol. The minimum atomic E-state index is -4.36. The van der Waals surface area contributed by atoms with E-state index in [0.717, 1.165) is 12.8 Å². The Kier molecular flexibility index (Phi) is 11.0. The topological polar surface area (TPSA) is 82.1 Å². The third kappa shape index (κ3) is 11.9. The van der Waals surface area contributed by atoms with Gasteiger partial charge in [-0.3, -0.25) is 4.55 Å². The highest BCUT2D eigenvalue weighted by Crippen LogP contribution is 2.20. The Morgan fingerprint density at radius 1 is 1.00 bits per heavy atom. The first-order valence-corrected chi connectivity index (χ1v) is 10.3. The highest BCUT2D eigenvalue weighted by molar-refractivity contribution is 7.80. The van der Waals surface area contributed by atoms with E-state index in [0.29, 0.717) is 13.0 Å². The van der Waals surface area contributed by atoms with Gasteiger partial charge in [-0.25, -0.2) is 4.18 Å². The van der Waals surface area contributed by atoms with E-state index >= 15 is 0 Å². The van der Waals surface area contributed by atoms with Gasteiger partial charge in [0.25, 0.3) is 0 Å². The number of hydrogen-bond donors (Lipinski definition) is 1. The van der Waals surface area contributed by atoms with Gasteiger partial charge in [-0.2, -0.15) is 8.42 Å². The molecule has 2 unspecified atom stereocenters. The van der Waals surface area contributed by atoms with Crippen molar-refractivity contribution in [3.8, 4) is 0 Å². The van der Waals surface area contributed by atoms with Gasteiger partial charge in [0.05, 0.1) is 19.3 Å². The van der Waals surface area contributed by atoms with Crippen LogP contribution in [-0.4, -0.2) is 38.6 Å². The van der Waals surface area contributed by atoms with Crippen molar-refractivity contribution in [1.29, 1.82) is 0 Å². The van der Waals surface area contributed by atoms with Crippen LogP contribution < -0.4 is 0 Å². The fraction of sp³-hybridized carbons (Fsp3) is 1.00. The Balaban J connectivity index is 1.91. The summed E-state index contributed by atoms with van der Waals surface area (Å²) in [6, 6.07) is 0. The van der Waals surface area contributed by atoms with Crippen molar-refractivity contribution in [3.05, 3.63) is 0 Å². The van der Waals surface area contributed by atoms with Crippen LogP contribution in [0.4, 0.5) is 0 Å². The highest BCUT2D eigenvalue weighted by Gasteiger charge is 2.25. The molecule has 0 radical (unpaired) electrons. The van der Waals surface area contributed by atoms with Crippen LogP contribution in [0.2, 0.25) is 0 Å². The van der Waals surface area contributed by atoms with Crippen LogP contribution in [0.25, 0.3) is 0 Å². The molecule has 1 N–H and O–H groups in total. The molecule has 0 aliphatic carbocycles. The van der Waals surface area contributed by atoms with E-state index in [4.69, 9.17) is 14.0 Å². The van der Waals surface area contributed by atoms with E-state index in [-0.39, 0.29) is 19.0 Å². The molecule has 0 aromatic rings. The first kappa shape index (κ1) is 20.8. The third-order valence-electron chi connectivity index (χ3n) is 4.03. The van der Waals surface area contributed by atoms with Crippen LogP contribution in [0, 0.1) is 0 Å². The highest BCUT2D eigenvalue weighted by atomic mass is 32.3. The van der Waals surface area contributed by atoms with Gasteiger partial charge < -0.3 is 9.47 Å². The number of unbranched alkanes of at least 4 members (excludes halogenated alkanes) is 8. The normalized spacial score (nSPS) is 21.8. The van der Waals surface area contributed by atoms with Crippen molar-refractivity contribution in [3.63, 3.8) is 0 Å². The van der Waals surface area contributed by atoms with E-state index in [9.17, 15) is 8.42 Å². The monoisotopic (exact) mass is 352 g/mol. The molecule has 2 atom stereocenters. The zero-order valence-corrected chi connectivity index (χ0v) is 15.1. The molecule has 0 aromatic carbocycles. The standard InChI is InChI=1S/C16H32O6S/c1-2-3-4-5-6-7-8-9-10-11-16-20-14-15(22-16)12-13-21-23(17,18)19/h15-16H,2-14H2,1H3,(H,17,18,19). The quantitative estimate of drug-likeness (QED) is 0.378. The predicted octanol–water partition coefficient (Wildman–Crippen LogP) is 3.86. The van der Waals surface area contributed by atoms with Crippen molar-refractivity contribution in [2.24, 2.45) is 0 Å². The van der Waals surface area contributed by atoms with Crippen molar-refractivity contribution in [2.45, 2.75) is 89.9 Å². The van der Waals surface area contributed by atoms with E-state index in [1.807, 2.05) is 0 Å². The fourth-order valence-electron chi connectivity index (χ4n) is 2.72. The summed E-state index contributed by atoms with van der Waals surface area (Å²) in [7, 11) is -4.36. The lowest BCUT2D eigenvalue weighted by Crippen LogP contribution is -2.16. The maximum absolute atomic E-state index is 10.4. The van der Waals surface area contributed by atoms with Crippen LogP contribution in [0.5, 0.6) is 0 Å². The van der Waals surface area contributed by atoms with Crippen LogP contribution in [0.3, 0.4) is 0 Å². The minimum Gasteiger partial charge on any atom is -0.350 e. The van der Waals surface area contributed by atoms with E-state index < -0.39 is 10.4 Å². The number of hydrogen-bond acceptors (Lipinski definition) is 5. The Morgan fingerprint density at radius 3 is 2.22 bits per heavy atom. The molecule has 1 aliphatic rings. The molecule has 7 heteroatoms. The Hall–Kier alpha value is -0.210. The van der Waals surface area contributed by atoms with Crippen LogP contribution in [-0.2, 0) is 24.1 Å². The zero-order valence-electron chi connectivity index (χ0n) is 14.2. The predicted molar refractivity (Wildman–Crippen MR) is 88.6 cm³/mol. The summed E-state index contributed by atoms with van der Waals surface area (Å²) < 4.78 is 44.8. The maximum Gasteiger partial charge on any atom is 0.397 e. The van der Waals surface area contributed by atoms with E-state index in [2.05, 4.69) is 11.1 Å². The molecular weight excluding hydrogens is 320 g/mol. The molecule has 1 fully saturated rings. The smallest absolute Gasteiger partial charge is 0.350 e. The first-order valence-electron chi connectivity index (χ1n) is 8.90. The van der Waals surface area contributed by atoms with Crippen LogP contribution in [0.15, 0.2) is 0 Å². The molecule has 1 rings (SSSR count). The summed E-state index contributed by atoms with van der Waals surface area (Å²) in [5.41, 5.74) is 0. The molecule has 0 spiro atoms. The SMILES string of the molecule is CCCCCCCCCCCC1OCC(CCOS(=O)(=O)O)O1.